The van der Waals surface area contributed by atoms with Crippen LogP contribution in [0.3, 0.4) is 0 Å². The molecule has 0 bridgehead atoms. The third-order valence-electron chi connectivity index (χ3n) is 3.03. The van der Waals surface area contributed by atoms with Gasteiger partial charge in [-0.05, 0) is 19.4 Å². The van der Waals surface area contributed by atoms with Crippen LogP contribution in [-0.4, -0.2) is 47.5 Å². The van der Waals surface area contributed by atoms with Crippen molar-refractivity contribution in [3.05, 3.63) is 0 Å². The molecule has 0 aromatic rings. The average Bonchev–Trinajstić information content (AvgIpc) is 2.15. The molecule has 2 heterocycles. The van der Waals surface area contributed by atoms with Crippen molar-refractivity contribution < 1.29 is 4.79 Å². The van der Waals surface area contributed by atoms with E-state index in [1.807, 2.05) is 16.7 Å². The Hall–Kier alpha value is -0.220. The van der Waals surface area contributed by atoms with Gasteiger partial charge in [-0.1, -0.05) is 6.92 Å². The van der Waals surface area contributed by atoms with Crippen molar-refractivity contribution in [2.45, 2.75) is 31.1 Å². The molecule has 0 aliphatic carbocycles. The van der Waals surface area contributed by atoms with Crippen molar-refractivity contribution in [2.75, 3.05) is 25.4 Å². The molecule has 2 aliphatic rings. The summed E-state index contributed by atoms with van der Waals surface area (Å²) in [5.74, 6) is 1.44. The lowest BCUT2D eigenvalue weighted by Crippen LogP contribution is -2.56. The number of nitrogens with one attached hydrogen (secondary N) is 1. The Labute approximate surface area is 89.6 Å². The summed E-state index contributed by atoms with van der Waals surface area (Å²) in [5, 5.41) is 3.84. The largest absolute Gasteiger partial charge is 0.339 e. The van der Waals surface area contributed by atoms with E-state index in [1.165, 1.54) is 6.42 Å². The first kappa shape index (κ1) is 10.3. The van der Waals surface area contributed by atoms with Gasteiger partial charge in [0, 0.05) is 24.1 Å². The molecule has 1 amide bonds. The van der Waals surface area contributed by atoms with Crippen molar-refractivity contribution in [1.29, 1.82) is 0 Å². The van der Waals surface area contributed by atoms with E-state index in [-0.39, 0.29) is 6.04 Å². The summed E-state index contributed by atoms with van der Waals surface area (Å²) in [7, 11) is 0. The highest BCUT2D eigenvalue weighted by molar-refractivity contribution is 8.00. The number of hydrogen-bond acceptors (Lipinski definition) is 3. The van der Waals surface area contributed by atoms with Crippen LogP contribution in [0.15, 0.2) is 0 Å². The van der Waals surface area contributed by atoms with Crippen LogP contribution in [0.5, 0.6) is 0 Å². The molecule has 14 heavy (non-hydrogen) atoms. The average molecular weight is 214 g/mol. The van der Waals surface area contributed by atoms with Crippen LogP contribution in [-0.2, 0) is 4.79 Å². The van der Waals surface area contributed by atoms with Gasteiger partial charge in [0.05, 0.1) is 6.04 Å². The second-order valence-electron chi connectivity index (χ2n) is 3.98. The molecule has 4 heteroatoms. The predicted octanol–water partition coefficient (Wildman–Crippen LogP) is 0.702. The maximum Gasteiger partial charge on any atom is 0.239 e. The molecule has 2 aliphatic heterocycles. The Morgan fingerprint density at radius 2 is 2.43 bits per heavy atom. The molecule has 2 atom stereocenters. The molecular weight excluding hydrogens is 196 g/mol. The first-order valence-electron chi connectivity index (χ1n) is 5.45. The van der Waals surface area contributed by atoms with Gasteiger partial charge in [0.25, 0.3) is 0 Å². The molecule has 0 radical (unpaired) electrons. The Balaban J connectivity index is 1.86. The third-order valence-corrected chi connectivity index (χ3v) is 4.40. The monoisotopic (exact) mass is 214 g/mol. The fraction of sp³-hybridized carbons (Fsp3) is 0.900. The lowest BCUT2D eigenvalue weighted by atomic mass is 10.1. The van der Waals surface area contributed by atoms with E-state index in [0.717, 1.165) is 31.8 Å². The molecule has 3 nitrogen and oxygen atoms in total. The highest BCUT2D eigenvalue weighted by atomic mass is 32.2. The summed E-state index contributed by atoms with van der Waals surface area (Å²) in [6.07, 6.45) is 2.20. The highest BCUT2D eigenvalue weighted by Crippen LogP contribution is 2.22. The van der Waals surface area contributed by atoms with Crippen molar-refractivity contribution in [2.24, 2.45) is 0 Å². The van der Waals surface area contributed by atoms with Gasteiger partial charge in [-0.25, -0.2) is 0 Å². The summed E-state index contributed by atoms with van der Waals surface area (Å²) in [5.41, 5.74) is 0. The minimum absolute atomic E-state index is 0.135. The Morgan fingerprint density at radius 3 is 3.00 bits per heavy atom. The Kier molecular flexibility index (Phi) is 3.34. The smallest absolute Gasteiger partial charge is 0.239 e. The van der Waals surface area contributed by atoms with Crippen molar-refractivity contribution in [1.82, 2.24) is 10.2 Å². The van der Waals surface area contributed by atoms with Gasteiger partial charge in [-0.2, -0.15) is 11.8 Å². The zero-order valence-electron chi connectivity index (χ0n) is 8.66. The summed E-state index contributed by atoms with van der Waals surface area (Å²) < 4.78 is 0. The second-order valence-corrected chi connectivity index (χ2v) is 5.39. The first-order valence-corrected chi connectivity index (χ1v) is 6.50. The molecule has 0 aromatic heterocycles. The maximum atomic E-state index is 11.9. The van der Waals surface area contributed by atoms with Crippen LogP contribution >= 0.6 is 11.8 Å². The maximum absolute atomic E-state index is 11.9. The van der Waals surface area contributed by atoms with Crippen molar-refractivity contribution >= 4 is 17.7 Å². The molecule has 80 valence electrons. The molecule has 0 saturated carbocycles. The summed E-state index contributed by atoms with van der Waals surface area (Å²) >= 11 is 2.01. The van der Waals surface area contributed by atoms with E-state index in [4.69, 9.17) is 0 Å². The fourth-order valence-corrected chi connectivity index (χ4v) is 3.07. The van der Waals surface area contributed by atoms with Crippen LogP contribution < -0.4 is 5.32 Å². The minimum atomic E-state index is 0.135. The second kappa shape index (κ2) is 4.53. The van der Waals surface area contributed by atoms with Crippen LogP contribution in [0, 0.1) is 0 Å². The minimum Gasteiger partial charge on any atom is -0.339 e. The van der Waals surface area contributed by atoms with E-state index in [2.05, 4.69) is 12.2 Å². The lowest BCUT2D eigenvalue weighted by molar-refractivity contribution is -0.135. The number of nitrogens with zero attached hydrogens (tertiary/aromatic N) is 1. The van der Waals surface area contributed by atoms with E-state index in [1.54, 1.807) is 0 Å². The quantitative estimate of drug-likeness (QED) is 0.734. The molecular formula is C10H18N2OS. The SMILES string of the molecule is CCC1CN(C(=O)C2CCN2)CCS1. The summed E-state index contributed by atoms with van der Waals surface area (Å²) in [6, 6.07) is 0.135. The zero-order valence-corrected chi connectivity index (χ0v) is 9.48. The highest BCUT2D eigenvalue weighted by Gasteiger charge is 2.31. The topological polar surface area (TPSA) is 32.3 Å². The van der Waals surface area contributed by atoms with Crippen molar-refractivity contribution in [3.63, 3.8) is 0 Å². The Morgan fingerprint density at radius 1 is 1.64 bits per heavy atom. The van der Waals surface area contributed by atoms with Gasteiger partial charge in [0.15, 0.2) is 0 Å². The van der Waals surface area contributed by atoms with Crippen LogP contribution in [0.1, 0.15) is 19.8 Å². The van der Waals surface area contributed by atoms with Gasteiger partial charge >= 0.3 is 0 Å². The van der Waals surface area contributed by atoms with Gasteiger partial charge in [-0.3, -0.25) is 4.79 Å². The first-order chi connectivity index (χ1) is 6.81. The third kappa shape index (κ3) is 2.06. The molecule has 2 fully saturated rings. The van der Waals surface area contributed by atoms with Gasteiger partial charge in [0.2, 0.25) is 5.91 Å². The number of carbonyl (C=O) groups is 1. The Bertz CT molecular complexity index is 218. The lowest BCUT2D eigenvalue weighted by Gasteiger charge is -2.37. The van der Waals surface area contributed by atoms with E-state index in [0.29, 0.717) is 11.2 Å². The summed E-state index contributed by atoms with van der Waals surface area (Å²) in [6.45, 7) is 5.11. The van der Waals surface area contributed by atoms with Crippen LogP contribution in [0.4, 0.5) is 0 Å². The number of carbonyl (C=O) groups excluding carboxylic acids is 1. The standard InChI is InChI=1S/C10H18N2OS/c1-2-8-7-12(5-6-14-8)10(13)9-3-4-11-9/h8-9,11H,2-7H2,1H3. The number of amides is 1. The number of thioether (sulfide) groups is 1. The van der Waals surface area contributed by atoms with E-state index in [9.17, 15) is 4.79 Å². The fourth-order valence-electron chi connectivity index (χ4n) is 1.89. The number of rotatable bonds is 2. The predicted molar refractivity (Wildman–Crippen MR) is 59.5 cm³/mol. The van der Waals surface area contributed by atoms with Crippen molar-refractivity contribution in [3.8, 4) is 0 Å². The van der Waals surface area contributed by atoms with Crippen LogP contribution in [0.25, 0.3) is 0 Å². The van der Waals surface area contributed by atoms with Gasteiger partial charge in [-0.15, -0.1) is 0 Å². The van der Waals surface area contributed by atoms with Gasteiger partial charge in [0.1, 0.15) is 0 Å². The normalized spacial score (nSPS) is 32.5. The molecule has 1 N–H and O–H groups in total. The number of hydrogen-bond donors (Lipinski definition) is 1. The zero-order chi connectivity index (χ0) is 9.97. The molecule has 0 aromatic carbocycles. The van der Waals surface area contributed by atoms with E-state index >= 15 is 0 Å². The van der Waals surface area contributed by atoms with E-state index < -0.39 is 0 Å². The molecule has 2 rings (SSSR count). The molecule has 2 saturated heterocycles. The molecule has 2 unspecified atom stereocenters. The van der Waals surface area contributed by atoms with Gasteiger partial charge < -0.3 is 10.2 Å². The van der Waals surface area contributed by atoms with Crippen LogP contribution in [0.2, 0.25) is 0 Å². The molecule has 0 spiro atoms. The summed E-state index contributed by atoms with van der Waals surface area (Å²) in [4.78, 5) is 13.9.